The van der Waals surface area contributed by atoms with Crippen molar-refractivity contribution in [2.45, 2.75) is 38.1 Å². The summed E-state index contributed by atoms with van der Waals surface area (Å²) in [6.07, 6.45) is 6.00. The van der Waals surface area contributed by atoms with Crippen molar-refractivity contribution in [1.82, 2.24) is 9.80 Å². The second kappa shape index (κ2) is 7.91. The zero-order valence-corrected chi connectivity index (χ0v) is 14.3. The van der Waals surface area contributed by atoms with E-state index in [9.17, 15) is 4.79 Å². The molecule has 2 heterocycles. The van der Waals surface area contributed by atoms with E-state index in [1.807, 2.05) is 5.38 Å². The summed E-state index contributed by atoms with van der Waals surface area (Å²) >= 11 is 1.40. The van der Waals surface area contributed by atoms with Crippen LogP contribution in [0.3, 0.4) is 0 Å². The minimum Gasteiger partial charge on any atom is -0.317 e. The highest BCUT2D eigenvalue weighted by Gasteiger charge is 2.26. The molecular formula is C17H24N4OS. The van der Waals surface area contributed by atoms with Crippen LogP contribution < -0.4 is 5.32 Å². The summed E-state index contributed by atoms with van der Waals surface area (Å²) < 4.78 is 0. The van der Waals surface area contributed by atoms with Crippen LogP contribution in [0.2, 0.25) is 0 Å². The first kappa shape index (κ1) is 16.4. The summed E-state index contributed by atoms with van der Waals surface area (Å²) in [5.41, 5.74) is 0.550. The maximum absolute atomic E-state index is 12.0. The van der Waals surface area contributed by atoms with Crippen LogP contribution >= 0.6 is 11.3 Å². The largest absolute Gasteiger partial charge is 0.317 e. The number of hydrogen-bond acceptors (Lipinski definition) is 5. The number of carbonyl (C=O) groups excluding carboxylic acids is 1. The Kier molecular flexibility index (Phi) is 5.65. The van der Waals surface area contributed by atoms with Gasteiger partial charge in [-0.05, 0) is 24.3 Å². The predicted molar refractivity (Wildman–Crippen MR) is 92.5 cm³/mol. The number of hydrogen-bond donors (Lipinski definition) is 1. The van der Waals surface area contributed by atoms with E-state index in [1.54, 1.807) is 6.07 Å². The average molecular weight is 332 g/mol. The molecule has 0 aromatic carbocycles. The maximum atomic E-state index is 12.0. The van der Waals surface area contributed by atoms with Crippen LogP contribution in [0.4, 0.5) is 5.00 Å². The Balaban J connectivity index is 1.38. The van der Waals surface area contributed by atoms with E-state index >= 15 is 0 Å². The highest BCUT2D eigenvalue weighted by Crippen LogP contribution is 2.24. The molecular weight excluding hydrogens is 308 g/mol. The summed E-state index contributed by atoms with van der Waals surface area (Å²) in [6.45, 7) is 5.20. The van der Waals surface area contributed by atoms with Gasteiger partial charge in [-0.2, -0.15) is 5.26 Å². The zero-order valence-electron chi connectivity index (χ0n) is 13.5. The van der Waals surface area contributed by atoms with Gasteiger partial charge in [-0.15, -0.1) is 11.3 Å². The Morgan fingerprint density at radius 2 is 2.04 bits per heavy atom. The standard InChI is InChI=1S/C17H24N4OS/c18-13-14-6-12-23-17(14)19-16(22)5-7-20-8-10-21(11-9-20)15-3-1-2-4-15/h6,12,15H,1-5,7-11H2,(H,19,22). The number of anilines is 1. The molecule has 0 spiro atoms. The van der Waals surface area contributed by atoms with Gasteiger partial charge in [0.25, 0.3) is 0 Å². The smallest absolute Gasteiger partial charge is 0.226 e. The third-order valence-corrected chi connectivity index (χ3v) is 5.77. The third-order valence-electron chi connectivity index (χ3n) is 4.94. The van der Waals surface area contributed by atoms with Crippen LogP contribution in [-0.4, -0.2) is 54.5 Å². The van der Waals surface area contributed by atoms with E-state index in [4.69, 9.17) is 5.26 Å². The Morgan fingerprint density at radius 3 is 2.74 bits per heavy atom. The molecule has 1 aromatic heterocycles. The molecule has 124 valence electrons. The number of thiophene rings is 1. The fourth-order valence-corrected chi connectivity index (χ4v) is 4.32. The SMILES string of the molecule is N#Cc1ccsc1NC(=O)CCN1CCN(C2CCCC2)CC1. The Morgan fingerprint density at radius 1 is 1.30 bits per heavy atom. The van der Waals surface area contributed by atoms with Crippen LogP contribution in [0.15, 0.2) is 11.4 Å². The van der Waals surface area contributed by atoms with Crippen LogP contribution in [-0.2, 0) is 4.79 Å². The van der Waals surface area contributed by atoms with Crippen LogP contribution in [0.25, 0.3) is 0 Å². The van der Waals surface area contributed by atoms with Gasteiger partial charge in [-0.25, -0.2) is 0 Å². The molecule has 5 nitrogen and oxygen atoms in total. The van der Waals surface area contributed by atoms with E-state index in [1.165, 1.54) is 37.0 Å². The lowest BCUT2D eigenvalue weighted by atomic mass is 10.2. The number of piperazine rings is 1. The van der Waals surface area contributed by atoms with Crippen molar-refractivity contribution in [3.8, 4) is 6.07 Å². The number of carbonyl (C=O) groups is 1. The van der Waals surface area contributed by atoms with Crippen molar-refractivity contribution in [3.63, 3.8) is 0 Å². The first-order valence-corrected chi connectivity index (χ1v) is 9.38. The summed E-state index contributed by atoms with van der Waals surface area (Å²) in [5, 5.41) is 14.3. The van der Waals surface area contributed by atoms with E-state index in [0.717, 1.165) is 38.8 Å². The molecule has 1 saturated heterocycles. The number of amides is 1. The highest BCUT2D eigenvalue weighted by atomic mass is 32.1. The van der Waals surface area contributed by atoms with Gasteiger partial charge < -0.3 is 10.2 Å². The van der Waals surface area contributed by atoms with Crippen LogP contribution in [0, 0.1) is 11.3 Å². The van der Waals surface area contributed by atoms with Crippen molar-refractivity contribution < 1.29 is 4.79 Å². The van der Waals surface area contributed by atoms with Crippen LogP contribution in [0.1, 0.15) is 37.7 Å². The van der Waals surface area contributed by atoms with Gasteiger partial charge in [0.15, 0.2) is 0 Å². The minimum atomic E-state index is 0.00201. The molecule has 1 N–H and O–H groups in total. The monoisotopic (exact) mass is 332 g/mol. The van der Waals surface area contributed by atoms with Crippen molar-refractivity contribution in [3.05, 3.63) is 17.0 Å². The summed E-state index contributed by atoms with van der Waals surface area (Å²) in [5.74, 6) is 0.00201. The van der Waals surface area contributed by atoms with Gasteiger partial charge >= 0.3 is 0 Å². The quantitative estimate of drug-likeness (QED) is 0.900. The van der Waals surface area contributed by atoms with Crippen molar-refractivity contribution >= 4 is 22.2 Å². The fraction of sp³-hybridized carbons (Fsp3) is 0.647. The molecule has 1 aliphatic carbocycles. The maximum Gasteiger partial charge on any atom is 0.226 e. The molecule has 0 radical (unpaired) electrons. The molecule has 6 heteroatoms. The molecule has 2 aliphatic rings. The van der Waals surface area contributed by atoms with Crippen molar-refractivity contribution in [2.24, 2.45) is 0 Å². The van der Waals surface area contributed by atoms with Gasteiger partial charge in [0.2, 0.25) is 5.91 Å². The van der Waals surface area contributed by atoms with E-state index < -0.39 is 0 Å². The Hall–Kier alpha value is -1.42. The molecule has 0 bridgehead atoms. The first-order valence-electron chi connectivity index (χ1n) is 8.50. The second-order valence-electron chi connectivity index (χ2n) is 6.39. The first-order chi connectivity index (χ1) is 11.3. The third kappa shape index (κ3) is 4.31. The molecule has 1 aromatic rings. The lowest BCUT2D eigenvalue weighted by Crippen LogP contribution is -2.50. The molecule has 2 fully saturated rings. The molecule has 1 aliphatic heterocycles. The lowest BCUT2D eigenvalue weighted by molar-refractivity contribution is -0.116. The van der Waals surface area contributed by atoms with Gasteiger partial charge in [0, 0.05) is 45.2 Å². The van der Waals surface area contributed by atoms with Gasteiger partial charge in [0.05, 0.1) is 5.56 Å². The second-order valence-corrected chi connectivity index (χ2v) is 7.31. The van der Waals surface area contributed by atoms with Crippen molar-refractivity contribution in [1.29, 1.82) is 5.26 Å². The zero-order chi connectivity index (χ0) is 16.1. The molecule has 0 unspecified atom stereocenters. The fourth-order valence-electron chi connectivity index (χ4n) is 3.56. The number of rotatable bonds is 5. The summed E-state index contributed by atoms with van der Waals surface area (Å²) in [7, 11) is 0. The summed E-state index contributed by atoms with van der Waals surface area (Å²) in [4.78, 5) is 17.1. The molecule has 3 rings (SSSR count). The molecule has 23 heavy (non-hydrogen) atoms. The van der Waals surface area contributed by atoms with Gasteiger partial charge in [0.1, 0.15) is 11.1 Å². The minimum absolute atomic E-state index is 0.00201. The molecule has 1 amide bonds. The predicted octanol–water partition coefficient (Wildman–Crippen LogP) is 2.51. The average Bonchev–Trinajstić information content (AvgIpc) is 3.25. The van der Waals surface area contributed by atoms with E-state index in [2.05, 4.69) is 21.2 Å². The highest BCUT2D eigenvalue weighted by molar-refractivity contribution is 7.14. The molecule has 1 saturated carbocycles. The molecule has 0 atom stereocenters. The van der Waals surface area contributed by atoms with Gasteiger partial charge in [-0.3, -0.25) is 9.69 Å². The number of nitrogens with zero attached hydrogens (tertiary/aromatic N) is 3. The van der Waals surface area contributed by atoms with Crippen LogP contribution in [0.5, 0.6) is 0 Å². The van der Waals surface area contributed by atoms with Gasteiger partial charge in [-0.1, -0.05) is 12.8 Å². The summed E-state index contributed by atoms with van der Waals surface area (Å²) in [6, 6.07) is 4.65. The van der Waals surface area contributed by atoms with E-state index in [-0.39, 0.29) is 5.91 Å². The Bertz CT molecular complexity index is 565. The van der Waals surface area contributed by atoms with Crippen molar-refractivity contribution in [2.75, 3.05) is 38.0 Å². The Labute approximate surface area is 141 Å². The van der Waals surface area contributed by atoms with E-state index in [0.29, 0.717) is 17.0 Å². The number of nitrogens with one attached hydrogen (secondary N) is 1. The topological polar surface area (TPSA) is 59.4 Å². The number of nitriles is 1. The normalized spacial score (nSPS) is 20.5. The lowest BCUT2D eigenvalue weighted by Gasteiger charge is -2.38.